The van der Waals surface area contributed by atoms with E-state index in [4.69, 9.17) is 19.9 Å². The number of anilines is 3. The van der Waals surface area contributed by atoms with Gasteiger partial charge in [0.1, 0.15) is 29.7 Å². The van der Waals surface area contributed by atoms with Crippen LogP contribution in [-0.2, 0) is 0 Å². The maximum Gasteiger partial charge on any atom is 0.222 e. The summed E-state index contributed by atoms with van der Waals surface area (Å²) in [7, 11) is 3.28. The van der Waals surface area contributed by atoms with Gasteiger partial charge in [-0.15, -0.1) is 0 Å². The highest BCUT2D eigenvalue weighted by Gasteiger charge is 2.19. The number of hydrogen-bond acceptors (Lipinski definition) is 8. The van der Waals surface area contributed by atoms with E-state index < -0.39 is 0 Å². The summed E-state index contributed by atoms with van der Waals surface area (Å²) in [6.07, 6.45) is 0. The second-order valence-electron chi connectivity index (χ2n) is 8.61. The number of nitrogens with one attached hydrogen (secondary N) is 1. The predicted molar refractivity (Wildman–Crippen MR) is 153 cm³/mol. The molecule has 0 saturated heterocycles. The topological polar surface area (TPSA) is 94.8 Å². The molecular weight excluding hydrogens is 478 g/mol. The number of hydrogen-bond donors (Lipinski definition) is 2. The van der Waals surface area contributed by atoms with Crippen LogP contribution in [0, 0.1) is 0 Å². The standard InChI is InChI=1S/C30H35N5O3/c1-5-35(6-2)18-19-38-23-16-14-21(15-17-23)28-27(22-10-9-11-24(20-22)36-3)29(34-30(31)33-28)32-25-12-7-8-13-26(25)37-4/h7-17,20H,5-6,18-19H2,1-4H3,(H3,31,32,33,34). The Labute approximate surface area is 224 Å². The molecule has 0 spiro atoms. The van der Waals surface area contributed by atoms with Crippen molar-refractivity contribution in [1.29, 1.82) is 0 Å². The molecule has 4 aromatic rings. The third kappa shape index (κ3) is 6.33. The Bertz CT molecular complexity index is 1340. The van der Waals surface area contributed by atoms with E-state index in [0.29, 0.717) is 23.9 Å². The van der Waals surface area contributed by atoms with Gasteiger partial charge in [-0.3, -0.25) is 0 Å². The zero-order valence-electron chi connectivity index (χ0n) is 22.4. The smallest absolute Gasteiger partial charge is 0.222 e. The van der Waals surface area contributed by atoms with Crippen molar-refractivity contribution < 1.29 is 14.2 Å². The number of aromatic nitrogens is 2. The van der Waals surface area contributed by atoms with Crippen molar-refractivity contribution in [2.45, 2.75) is 13.8 Å². The molecule has 198 valence electrons. The van der Waals surface area contributed by atoms with Crippen molar-refractivity contribution in [2.24, 2.45) is 0 Å². The highest BCUT2D eigenvalue weighted by Crippen LogP contribution is 2.40. The maximum atomic E-state index is 6.23. The molecule has 0 unspecified atom stereocenters. The molecule has 1 heterocycles. The van der Waals surface area contributed by atoms with Crippen LogP contribution in [0.15, 0.2) is 72.8 Å². The molecule has 0 amide bonds. The summed E-state index contributed by atoms with van der Waals surface area (Å²) >= 11 is 0. The monoisotopic (exact) mass is 513 g/mol. The van der Waals surface area contributed by atoms with Crippen LogP contribution in [0.3, 0.4) is 0 Å². The average Bonchev–Trinajstić information content (AvgIpc) is 2.95. The molecule has 3 aromatic carbocycles. The fraction of sp³-hybridized carbons (Fsp3) is 0.267. The van der Waals surface area contributed by atoms with E-state index in [9.17, 15) is 0 Å². The zero-order chi connectivity index (χ0) is 26.9. The van der Waals surface area contributed by atoms with Gasteiger partial charge in [-0.2, -0.15) is 4.98 Å². The number of nitrogens with two attached hydrogens (primary N) is 1. The predicted octanol–water partition coefficient (Wildman–Crippen LogP) is 5.87. The van der Waals surface area contributed by atoms with Crippen molar-refractivity contribution in [3.63, 3.8) is 0 Å². The first-order valence-corrected chi connectivity index (χ1v) is 12.7. The molecule has 1 aromatic heterocycles. The van der Waals surface area contributed by atoms with Crippen LogP contribution in [0.1, 0.15) is 13.8 Å². The maximum absolute atomic E-state index is 6.23. The molecule has 0 aliphatic carbocycles. The van der Waals surface area contributed by atoms with Crippen molar-refractivity contribution in [2.75, 3.05) is 51.5 Å². The summed E-state index contributed by atoms with van der Waals surface area (Å²) in [5.74, 6) is 2.94. The lowest BCUT2D eigenvalue weighted by atomic mass is 9.99. The molecule has 0 aliphatic heterocycles. The van der Waals surface area contributed by atoms with Gasteiger partial charge in [0, 0.05) is 12.1 Å². The molecule has 0 aliphatic rings. The number of benzene rings is 3. The van der Waals surface area contributed by atoms with E-state index in [1.54, 1.807) is 14.2 Å². The third-order valence-corrected chi connectivity index (χ3v) is 6.34. The number of nitrogen functional groups attached to an aromatic ring is 1. The fourth-order valence-electron chi connectivity index (χ4n) is 4.25. The second-order valence-corrected chi connectivity index (χ2v) is 8.61. The Morgan fingerprint density at radius 3 is 2.29 bits per heavy atom. The largest absolute Gasteiger partial charge is 0.497 e. The number of rotatable bonds is 12. The van der Waals surface area contributed by atoms with Crippen LogP contribution in [0.2, 0.25) is 0 Å². The Balaban J connectivity index is 1.74. The summed E-state index contributed by atoms with van der Waals surface area (Å²) in [5.41, 5.74) is 10.2. The van der Waals surface area contributed by atoms with Crippen molar-refractivity contribution in [3.8, 4) is 39.6 Å². The van der Waals surface area contributed by atoms with Crippen molar-refractivity contribution >= 4 is 17.5 Å². The van der Waals surface area contributed by atoms with Crippen LogP contribution in [0.25, 0.3) is 22.4 Å². The molecule has 0 saturated carbocycles. The second kappa shape index (κ2) is 12.8. The van der Waals surface area contributed by atoms with Gasteiger partial charge in [0.05, 0.1) is 31.2 Å². The molecule has 8 nitrogen and oxygen atoms in total. The van der Waals surface area contributed by atoms with Crippen LogP contribution in [-0.4, -0.2) is 55.3 Å². The molecule has 3 N–H and O–H groups in total. The lowest BCUT2D eigenvalue weighted by molar-refractivity contribution is 0.223. The van der Waals surface area contributed by atoms with Gasteiger partial charge in [-0.1, -0.05) is 38.1 Å². The summed E-state index contributed by atoms with van der Waals surface area (Å²) in [5, 5.41) is 3.41. The van der Waals surface area contributed by atoms with E-state index in [-0.39, 0.29) is 5.95 Å². The van der Waals surface area contributed by atoms with Crippen molar-refractivity contribution in [3.05, 3.63) is 72.8 Å². The van der Waals surface area contributed by atoms with Gasteiger partial charge >= 0.3 is 0 Å². The highest BCUT2D eigenvalue weighted by atomic mass is 16.5. The first-order chi connectivity index (χ1) is 18.6. The first kappa shape index (κ1) is 26.8. The van der Waals surface area contributed by atoms with Gasteiger partial charge in [0.15, 0.2) is 0 Å². The number of likely N-dealkylation sites (N-methyl/N-ethyl adjacent to an activating group) is 1. The number of ether oxygens (including phenoxy) is 3. The van der Waals surface area contributed by atoms with Gasteiger partial charge in [0.2, 0.25) is 5.95 Å². The molecule has 8 heteroatoms. The van der Waals surface area contributed by atoms with Crippen LogP contribution < -0.4 is 25.3 Å². The molecule has 0 bridgehead atoms. The van der Waals surface area contributed by atoms with Crippen LogP contribution in [0.5, 0.6) is 17.2 Å². The van der Waals surface area contributed by atoms with Crippen molar-refractivity contribution in [1.82, 2.24) is 14.9 Å². The Kier molecular flexibility index (Phi) is 9.00. The quantitative estimate of drug-likeness (QED) is 0.243. The minimum Gasteiger partial charge on any atom is -0.497 e. The third-order valence-electron chi connectivity index (χ3n) is 6.34. The molecule has 0 atom stereocenters. The molecular formula is C30H35N5O3. The molecule has 0 fully saturated rings. The van der Waals surface area contributed by atoms with E-state index in [2.05, 4.69) is 34.0 Å². The van der Waals surface area contributed by atoms with E-state index >= 15 is 0 Å². The SMILES string of the molecule is CCN(CC)CCOc1ccc(-c2nc(N)nc(Nc3ccccc3OC)c2-c2cccc(OC)c2)cc1. The molecule has 38 heavy (non-hydrogen) atoms. The number of para-hydroxylation sites is 2. The summed E-state index contributed by atoms with van der Waals surface area (Å²) < 4.78 is 17.0. The van der Waals surface area contributed by atoms with Crippen LogP contribution in [0.4, 0.5) is 17.5 Å². The van der Waals surface area contributed by atoms with Gasteiger partial charge in [0.25, 0.3) is 0 Å². The van der Waals surface area contributed by atoms with Gasteiger partial charge in [-0.25, -0.2) is 4.98 Å². The lowest BCUT2D eigenvalue weighted by Gasteiger charge is -2.19. The minimum atomic E-state index is 0.156. The Hall–Kier alpha value is -4.30. The average molecular weight is 514 g/mol. The molecule has 4 rings (SSSR count). The van der Waals surface area contributed by atoms with Crippen LogP contribution >= 0.6 is 0 Å². The first-order valence-electron chi connectivity index (χ1n) is 12.7. The van der Waals surface area contributed by atoms with E-state index in [1.165, 1.54) is 0 Å². The molecule has 0 radical (unpaired) electrons. The normalized spacial score (nSPS) is 10.9. The summed E-state index contributed by atoms with van der Waals surface area (Å²) in [4.78, 5) is 11.6. The number of methoxy groups -OCH3 is 2. The number of nitrogens with zero attached hydrogens (tertiary/aromatic N) is 3. The van der Waals surface area contributed by atoms with Gasteiger partial charge in [-0.05, 0) is 67.2 Å². The Morgan fingerprint density at radius 1 is 0.816 bits per heavy atom. The minimum absolute atomic E-state index is 0.156. The highest BCUT2D eigenvalue weighted by molar-refractivity contribution is 5.91. The van der Waals surface area contributed by atoms with Gasteiger partial charge < -0.3 is 30.2 Å². The summed E-state index contributed by atoms with van der Waals surface area (Å²) in [6.45, 7) is 7.84. The summed E-state index contributed by atoms with van der Waals surface area (Å²) in [6, 6.07) is 23.4. The van der Waals surface area contributed by atoms with E-state index in [1.807, 2.05) is 72.8 Å². The fourth-order valence-corrected chi connectivity index (χ4v) is 4.25. The Morgan fingerprint density at radius 2 is 1.58 bits per heavy atom. The zero-order valence-corrected chi connectivity index (χ0v) is 22.4. The van der Waals surface area contributed by atoms with E-state index in [0.717, 1.165) is 53.5 Å². The lowest BCUT2D eigenvalue weighted by Crippen LogP contribution is -2.27.